The van der Waals surface area contributed by atoms with Gasteiger partial charge in [-0.2, -0.15) is 17.5 Å². The molecule has 1 aromatic carbocycles. The summed E-state index contributed by atoms with van der Waals surface area (Å²) in [5.41, 5.74) is -1.18. The van der Waals surface area contributed by atoms with Crippen molar-refractivity contribution in [1.29, 1.82) is 0 Å². The number of hydrogen-bond acceptors (Lipinski definition) is 6. The molecule has 3 rings (SSSR count). The smallest absolute Gasteiger partial charge is 0.389 e. The second-order valence-corrected chi connectivity index (χ2v) is 10.5. The van der Waals surface area contributed by atoms with Crippen LogP contribution in [0.2, 0.25) is 5.02 Å². The summed E-state index contributed by atoms with van der Waals surface area (Å²) in [7, 11) is -4.09. The minimum atomic E-state index is -4.75. The van der Waals surface area contributed by atoms with E-state index in [-0.39, 0.29) is 19.7 Å². The van der Waals surface area contributed by atoms with Crippen LogP contribution in [-0.2, 0) is 27.5 Å². The molecule has 6 nitrogen and oxygen atoms in total. The summed E-state index contributed by atoms with van der Waals surface area (Å²) in [6.45, 7) is 1.80. The largest absolute Gasteiger partial charge is 0.417 e. The Hall–Kier alpha value is -1.21. The van der Waals surface area contributed by atoms with Gasteiger partial charge in [0.05, 0.1) is 34.8 Å². The van der Waals surface area contributed by atoms with Crippen molar-refractivity contribution >= 4 is 33.0 Å². The van der Waals surface area contributed by atoms with Gasteiger partial charge in [-0.15, -0.1) is 11.3 Å². The van der Waals surface area contributed by atoms with Crippen LogP contribution in [0.1, 0.15) is 10.4 Å². The number of rotatable bonds is 8. The Morgan fingerprint density at radius 2 is 1.90 bits per heavy atom. The summed E-state index contributed by atoms with van der Waals surface area (Å²) in [6.07, 6.45) is -5.48. The van der Waals surface area contributed by atoms with Crippen LogP contribution in [-0.4, -0.2) is 68.2 Å². The molecular formula is C19H22ClF3N2O4S2. The van der Waals surface area contributed by atoms with E-state index in [9.17, 15) is 26.7 Å². The number of aliphatic hydroxyl groups excluding tert-OH is 1. The van der Waals surface area contributed by atoms with E-state index in [0.29, 0.717) is 32.3 Å². The normalized spacial score (nSPS) is 17.7. The third kappa shape index (κ3) is 6.41. The van der Waals surface area contributed by atoms with Crippen molar-refractivity contribution in [3.05, 3.63) is 51.2 Å². The maximum absolute atomic E-state index is 13.1. The third-order valence-electron chi connectivity index (χ3n) is 4.82. The summed E-state index contributed by atoms with van der Waals surface area (Å²) in [4.78, 5) is 2.51. The molecule has 0 spiro atoms. The van der Waals surface area contributed by atoms with Crippen LogP contribution in [0.4, 0.5) is 13.2 Å². The summed E-state index contributed by atoms with van der Waals surface area (Å²) >= 11 is 7.15. The van der Waals surface area contributed by atoms with Crippen molar-refractivity contribution in [3.8, 4) is 0 Å². The summed E-state index contributed by atoms with van der Waals surface area (Å²) in [5, 5.41) is 11.5. The van der Waals surface area contributed by atoms with Crippen molar-refractivity contribution < 1.29 is 31.4 Å². The van der Waals surface area contributed by atoms with Crippen LogP contribution >= 0.6 is 22.9 Å². The van der Waals surface area contributed by atoms with E-state index in [1.807, 2.05) is 22.4 Å². The number of halogens is 4. The SMILES string of the molecule is O=S(=O)(c1ccc(Cl)c(C(F)(F)F)c1)N1CCN(CC(O)COCc2cccs2)CC1. The molecule has 31 heavy (non-hydrogen) atoms. The van der Waals surface area contributed by atoms with Gasteiger partial charge in [-0.05, 0) is 29.6 Å². The van der Waals surface area contributed by atoms with Crippen LogP contribution in [0.3, 0.4) is 0 Å². The van der Waals surface area contributed by atoms with Crippen LogP contribution < -0.4 is 0 Å². The molecule has 1 saturated heterocycles. The van der Waals surface area contributed by atoms with Gasteiger partial charge in [-0.3, -0.25) is 4.90 Å². The van der Waals surface area contributed by atoms with Gasteiger partial charge in [-0.1, -0.05) is 17.7 Å². The van der Waals surface area contributed by atoms with Crippen molar-refractivity contribution in [2.24, 2.45) is 0 Å². The Morgan fingerprint density at radius 1 is 1.19 bits per heavy atom. The molecular weight excluding hydrogens is 477 g/mol. The number of piperazine rings is 1. The van der Waals surface area contributed by atoms with Gasteiger partial charge in [0.15, 0.2) is 0 Å². The fourth-order valence-corrected chi connectivity index (χ4v) is 5.54. The monoisotopic (exact) mass is 498 g/mol. The Balaban J connectivity index is 1.52. The summed E-state index contributed by atoms with van der Waals surface area (Å²) in [5.74, 6) is 0. The molecule has 1 fully saturated rings. The number of hydrogen-bond donors (Lipinski definition) is 1. The van der Waals surface area contributed by atoms with E-state index >= 15 is 0 Å². The van der Waals surface area contributed by atoms with E-state index < -0.39 is 37.8 Å². The zero-order valence-electron chi connectivity index (χ0n) is 16.4. The Morgan fingerprint density at radius 3 is 2.52 bits per heavy atom. The second kappa shape index (κ2) is 10.2. The topological polar surface area (TPSA) is 70.1 Å². The first kappa shape index (κ1) is 24.4. The number of ether oxygens (including phenoxy) is 1. The molecule has 0 amide bonds. The van der Waals surface area contributed by atoms with E-state index in [4.69, 9.17) is 16.3 Å². The lowest BCUT2D eigenvalue weighted by atomic mass is 10.2. The van der Waals surface area contributed by atoms with Gasteiger partial charge in [0.25, 0.3) is 0 Å². The number of β-amino-alcohol motifs (C(OH)–C–C–N with tert-alkyl or cyclic N) is 1. The molecule has 1 aliphatic rings. The molecule has 172 valence electrons. The molecule has 1 aromatic heterocycles. The first-order valence-corrected chi connectivity index (χ1v) is 12.1. The molecule has 0 radical (unpaired) electrons. The van der Waals surface area contributed by atoms with Crippen LogP contribution in [0.25, 0.3) is 0 Å². The van der Waals surface area contributed by atoms with Crippen LogP contribution in [0, 0.1) is 0 Å². The van der Waals surface area contributed by atoms with Gasteiger partial charge in [0.2, 0.25) is 10.0 Å². The standard InChI is InChI=1S/C19H22ClF3N2O4S2/c20-18-4-3-16(10-17(18)19(21,22)23)31(27,28)25-7-5-24(6-8-25)11-14(26)12-29-13-15-2-1-9-30-15/h1-4,9-10,14,26H,5-8,11-13H2. The molecule has 0 bridgehead atoms. The first-order chi connectivity index (χ1) is 14.6. The zero-order chi connectivity index (χ0) is 22.6. The maximum Gasteiger partial charge on any atom is 0.417 e. The van der Waals surface area contributed by atoms with Gasteiger partial charge in [0.1, 0.15) is 0 Å². The lowest BCUT2D eigenvalue weighted by molar-refractivity contribution is -0.137. The highest BCUT2D eigenvalue weighted by Gasteiger charge is 2.36. The minimum absolute atomic E-state index is 0.106. The second-order valence-electron chi connectivity index (χ2n) is 7.09. The van der Waals surface area contributed by atoms with Crippen LogP contribution in [0.15, 0.2) is 40.6 Å². The molecule has 0 aliphatic carbocycles. The van der Waals surface area contributed by atoms with Crippen molar-refractivity contribution in [3.63, 3.8) is 0 Å². The predicted molar refractivity (Wildman–Crippen MR) is 112 cm³/mol. The van der Waals surface area contributed by atoms with Crippen molar-refractivity contribution in [2.45, 2.75) is 23.8 Å². The quantitative estimate of drug-likeness (QED) is 0.605. The van der Waals surface area contributed by atoms with Gasteiger partial charge in [-0.25, -0.2) is 8.42 Å². The molecule has 1 unspecified atom stereocenters. The molecule has 1 N–H and O–H groups in total. The molecule has 1 aliphatic heterocycles. The number of aliphatic hydroxyl groups is 1. The predicted octanol–water partition coefficient (Wildman–Crippen LogP) is 3.30. The van der Waals surface area contributed by atoms with Crippen molar-refractivity contribution in [1.82, 2.24) is 9.21 Å². The number of sulfonamides is 1. The average Bonchev–Trinajstić information content (AvgIpc) is 3.21. The summed E-state index contributed by atoms with van der Waals surface area (Å²) < 4.78 is 71.4. The number of benzene rings is 1. The van der Waals surface area contributed by atoms with E-state index in [1.165, 1.54) is 0 Å². The molecule has 0 saturated carbocycles. The highest BCUT2D eigenvalue weighted by Crippen LogP contribution is 2.36. The highest BCUT2D eigenvalue weighted by molar-refractivity contribution is 7.89. The Bertz CT molecular complexity index is 963. The molecule has 1 atom stereocenters. The lowest BCUT2D eigenvalue weighted by Gasteiger charge is -2.35. The molecule has 2 aromatic rings. The highest BCUT2D eigenvalue weighted by atomic mass is 35.5. The Labute approximate surface area is 187 Å². The zero-order valence-corrected chi connectivity index (χ0v) is 18.8. The van der Waals surface area contributed by atoms with E-state index in [0.717, 1.165) is 21.3 Å². The number of nitrogens with zero attached hydrogens (tertiary/aromatic N) is 2. The number of thiophene rings is 1. The minimum Gasteiger partial charge on any atom is -0.389 e. The fraction of sp³-hybridized carbons (Fsp3) is 0.474. The van der Waals surface area contributed by atoms with Crippen molar-refractivity contribution in [2.75, 3.05) is 39.3 Å². The van der Waals surface area contributed by atoms with Gasteiger partial charge >= 0.3 is 6.18 Å². The van der Waals surface area contributed by atoms with Gasteiger partial charge < -0.3 is 9.84 Å². The summed E-state index contributed by atoms with van der Waals surface area (Å²) in [6, 6.07) is 6.45. The van der Waals surface area contributed by atoms with Crippen LogP contribution in [0.5, 0.6) is 0 Å². The van der Waals surface area contributed by atoms with Gasteiger partial charge in [0, 0.05) is 37.6 Å². The number of alkyl halides is 3. The third-order valence-corrected chi connectivity index (χ3v) is 7.89. The van der Waals surface area contributed by atoms with E-state index in [1.54, 1.807) is 11.3 Å². The maximum atomic E-state index is 13.1. The Kier molecular flexibility index (Phi) is 8.00. The molecule has 2 heterocycles. The first-order valence-electron chi connectivity index (χ1n) is 9.45. The molecule has 12 heteroatoms. The lowest BCUT2D eigenvalue weighted by Crippen LogP contribution is -2.50. The fourth-order valence-electron chi connectivity index (χ4n) is 3.22. The van der Waals surface area contributed by atoms with E-state index in [2.05, 4.69) is 0 Å². The average molecular weight is 499 g/mol.